The van der Waals surface area contributed by atoms with Gasteiger partial charge in [-0.25, -0.2) is 0 Å². The maximum Gasteiger partial charge on any atom is 0.475 e. The Kier molecular flexibility index (Phi) is 3.09. The third kappa shape index (κ3) is 1.90. The molecule has 2 bridgehead atoms. The lowest BCUT2D eigenvalue weighted by atomic mass is 9.43. The predicted molar refractivity (Wildman–Crippen MR) is 77.5 cm³/mol. The van der Waals surface area contributed by atoms with E-state index >= 15 is 0 Å². The highest BCUT2D eigenvalue weighted by molar-refractivity contribution is 6.47. The van der Waals surface area contributed by atoms with Crippen LogP contribution in [0.25, 0.3) is 0 Å². The molecule has 3 aliphatic carbocycles. The Balaban J connectivity index is 1.74. The summed E-state index contributed by atoms with van der Waals surface area (Å²) in [7, 11) is -0.201. The summed E-state index contributed by atoms with van der Waals surface area (Å²) >= 11 is 0. The topological polar surface area (TPSA) is 44.5 Å². The van der Waals surface area contributed by atoms with Crippen molar-refractivity contribution in [2.45, 2.75) is 71.5 Å². The van der Waals surface area contributed by atoms with Crippen LogP contribution in [0.4, 0.5) is 0 Å². The van der Waals surface area contributed by atoms with Crippen LogP contribution in [-0.2, 0) is 9.31 Å². The molecule has 0 aromatic rings. The monoisotopic (exact) mass is 265 g/mol. The molecule has 0 amide bonds. The molecule has 108 valence electrons. The summed E-state index contributed by atoms with van der Waals surface area (Å²) in [5, 5.41) is 0. The number of hydrogen-bond acceptors (Lipinski definition) is 3. The summed E-state index contributed by atoms with van der Waals surface area (Å²) in [4.78, 5) is 0. The molecule has 0 aromatic heterocycles. The normalized spacial score (nSPS) is 45.0. The fraction of sp³-hybridized carbons (Fsp3) is 1.00. The first-order valence-electron chi connectivity index (χ1n) is 7.84. The van der Waals surface area contributed by atoms with Gasteiger partial charge in [0.25, 0.3) is 0 Å². The highest BCUT2D eigenvalue weighted by Crippen LogP contribution is 2.65. The van der Waals surface area contributed by atoms with Gasteiger partial charge in [-0.2, -0.15) is 0 Å². The molecule has 0 aromatic carbocycles. The maximum atomic E-state index is 6.35. The molecule has 4 fully saturated rings. The van der Waals surface area contributed by atoms with Gasteiger partial charge in [0.05, 0.1) is 11.7 Å². The van der Waals surface area contributed by atoms with Crippen molar-refractivity contribution in [2.24, 2.45) is 28.9 Å². The summed E-state index contributed by atoms with van der Waals surface area (Å²) in [6.07, 6.45) is 3.67. The fourth-order valence-electron chi connectivity index (χ4n) is 4.74. The van der Waals surface area contributed by atoms with Crippen LogP contribution in [0.15, 0.2) is 0 Å². The Hall–Kier alpha value is -0.0551. The second-order valence-electron chi connectivity index (χ2n) is 8.13. The highest BCUT2D eigenvalue weighted by Gasteiger charge is 2.68. The van der Waals surface area contributed by atoms with E-state index in [1.807, 2.05) is 0 Å². The van der Waals surface area contributed by atoms with Crippen LogP contribution in [0.3, 0.4) is 0 Å². The summed E-state index contributed by atoms with van der Waals surface area (Å²) in [5.41, 5.74) is 6.56. The number of hydrogen-bond donors (Lipinski definition) is 1. The van der Waals surface area contributed by atoms with Crippen molar-refractivity contribution in [1.29, 1.82) is 0 Å². The fourth-order valence-corrected chi connectivity index (χ4v) is 4.74. The minimum absolute atomic E-state index is 0.00253. The van der Waals surface area contributed by atoms with Gasteiger partial charge < -0.3 is 15.0 Å². The second-order valence-corrected chi connectivity index (χ2v) is 8.13. The van der Waals surface area contributed by atoms with Crippen molar-refractivity contribution in [1.82, 2.24) is 0 Å². The van der Waals surface area contributed by atoms with Crippen molar-refractivity contribution in [3.63, 3.8) is 0 Å². The highest BCUT2D eigenvalue weighted by atomic mass is 16.7. The molecule has 4 aliphatic rings. The molecule has 1 heterocycles. The van der Waals surface area contributed by atoms with Crippen molar-refractivity contribution >= 4 is 7.12 Å². The molecule has 5 atom stereocenters. The summed E-state index contributed by atoms with van der Waals surface area (Å²) < 4.78 is 12.5. The molecular weight excluding hydrogens is 237 g/mol. The lowest BCUT2D eigenvalue weighted by molar-refractivity contribution is -0.199. The zero-order chi connectivity index (χ0) is 14.0. The average molecular weight is 265 g/mol. The Morgan fingerprint density at radius 3 is 2.53 bits per heavy atom. The zero-order valence-electron chi connectivity index (χ0n) is 13.0. The van der Waals surface area contributed by atoms with E-state index in [0.717, 1.165) is 18.8 Å². The summed E-state index contributed by atoms with van der Waals surface area (Å²) in [5.74, 6) is 2.02. The van der Waals surface area contributed by atoms with Crippen LogP contribution in [0, 0.1) is 23.2 Å². The minimum Gasteiger partial charge on any atom is -0.404 e. The smallest absolute Gasteiger partial charge is 0.404 e. The molecule has 4 unspecified atom stereocenters. The molecule has 3 nitrogen and oxygen atoms in total. The Bertz CT molecular complexity index is 373. The lowest BCUT2D eigenvalue weighted by Gasteiger charge is -2.64. The quantitative estimate of drug-likeness (QED) is 0.798. The lowest BCUT2D eigenvalue weighted by Crippen LogP contribution is -2.65. The predicted octanol–water partition coefficient (Wildman–Crippen LogP) is 2.63. The zero-order valence-corrected chi connectivity index (χ0v) is 13.0. The largest absolute Gasteiger partial charge is 0.475 e. The minimum atomic E-state index is -0.201. The van der Waals surface area contributed by atoms with Crippen molar-refractivity contribution in [3.8, 4) is 0 Å². The Morgan fingerprint density at radius 1 is 1.26 bits per heavy atom. The Morgan fingerprint density at radius 2 is 1.95 bits per heavy atom. The third-order valence-electron chi connectivity index (χ3n) is 6.06. The SMILES string of the molecule is CC(C)CC(N)B1OC2CC3CC(C3(C)C)[C@@]2(C)O1. The maximum absolute atomic E-state index is 6.35. The van der Waals surface area contributed by atoms with Crippen LogP contribution >= 0.6 is 0 Å². The standard InChI is InChI=1S/C15H28BNO2/c1-9(2)6-13(17)16-18-12-8-10-7-11(14(10,3)4)15(12,5)19-16/h9-13H,6-8,17H2,1-5H3/t10?,11?,12?,13?,15-/m1/s1. The second kappa shape index (κ2) is 4.22. The van der Waals surface area contributed by atoms with Crippen LogP contribution < -0.4 is 5.73 Å². The number of nitrogens with two attached hydrogens (primary N) is 1. The van der Waals surface area contributed by atoms with E-state index in [4.69, 9.17) is 15.0 Å². The number of rotatable bonds is 3. The molecule has 4 heteroatoms. The molecule has 1 saturated heterocycles. The van der Waals surface area contributed by atoms with Gasteiger partial charge in [-0.15, -0.1) is 0 Å². The van der Waals surface area contributed by atoms with Crippen LogP contribution in [0.1, 0.15) is 53.9 Å². The first-order chi connectivity index (χ1) is 8.75. The molecule has 4 rings (SSSR count). The van der Waals surface area contributed by atoms with Gasteiger partial charge in [-0.05, 0) is 49.4 Å². The third-order valence-corrected chi connectivity index (χ3v) is 6.06. The summed E-state index contributed by atoms with van der Waals surface area (Å²) in [6.45, 7) is 11.4. The summed E-state index contributed by atoms with van der Waals surface area (Å²) in [6, 6.07) is 0. The molecule has 0 spiro atoms. The van der Waals surface area contributed by atoms with E-state index < -0.39 is 0 Å². The molecule has 1 aliphatic heterocycles. The molecule has 19 heavy (non-hydrogen) atoms. The van der Waals surface area contributed by atoms with Gasteiger partial charge in [0.2, 0.25) is 0 Å². The van der Waals surface area contributed by atoms with E-state index in [1.165, 1.54) is 6.42 Å². The van der Waals surface area contributed by atoms with Crippen molar-refractivity contribution in [3.05, 3.63) is 0 Å². The van der Waals surface area contributed by atoms with Crippen LogP contribution in [0.5, 0.6) is 0 Å². The first-order valence-corrected chi connectivity index (χ1v) is 7.84. The molecule has 3 saturated carbocycles. The molecular formula is C15H28BNO2. The molecule has 0 radical (unpaired) electrons. The van der Waals surface area contributed by atoms with Crippen molar-refractivity contribution in [2.75, 3.05) is 0 Å². The average Bonchev–Trinajstić information content (AvgIpc) is 2.64. The Labute approximate surface area is 117 Å². The van der Waals surface area contributed by atoms with Gasteiger partial charge in [-0.1, -0.05) is 27.7 Å². The van der Waals surface area contributed by atoms with Gasteiger partial charge in [0.1, 0.15) is 0 Å². The van der Waals surface area contributed by atoms with E-state index in [9.17, 15) is 0 Å². The van der Waals surface area contributed by atoms with Gasteiger partial charge in [0, 0.05) is 5.94 Å². The first kappa shape index (κ1) is 13.9. The van der Waals surface area contributed by atoms with E-state index in [-0.39, 0.29) is 24.8 Å². The molecule has 2 N–H and O–H groups in total. The van der Waals surface area contributed by atoms with Crippen molar-refractivity contribution < 1.29 is 9.31 Å². The van der Waals surface area contributed by atoms with E-state index in [0.29, 0.717) is 17.3 Å². The van der Waals surface area contributed by atoms with E-state index in [1.54, 1.807) is 0 Å². The van der Waals surface area contributed by atoms with Crippen LogP contribution in [0.2, 0.25) is 0 Å². The van der Waals surface area contributed by atoms with Gasteiger partial charge in [-0.3, -0.25) is 0 Å². The van der Waals surface area contributed by atoms with Crippen LogP contribution in [-0.4, -0.2) is 24.8 Å². The van der Waals surface area contributed by atoms with E-state index in [2.05, 4.69) is 34.6 Å². The van der Waals surface area contributed by atoms with Gasteiger partial charge >= 0.3 is 7.12 Å². The van der Waals surface area contributed by atoms with Gasteiger partial charge in [0.15, 0.2) is 0 Å².